The summed E-state index contributed by atoms with van der Waals surface area (Å²) in [5.74, 6) is 0.673. The van der Waals surface area contributed by atoms with Gasteiger partial charge in [-0.25, -0.2) is 0 Å². The second-order valence-electron chi connectivity index (χ2n) is 7.69. The van der Waals surface area contributed by atoms with Crippen LogP contribution in [-0.4, -0.2) is 72.0 Å². The minimum atomic E-state index is -0.0604. The Morgan fingerprint density at radius 1 is 1.10 bits per heavy atom. The smallest absolute Gasteiger partial charge is 0.275 e. The third-order valence-corrected chi connectivity index (χ3v) is 5.77. The number of aromatic nitrogens is 2. The minimum absolute atomic E-state index is 0.0604. The van der Waals surface area contributed by atoms with Crippen LogP contribution in [0.15, 0.2) is 48.5 Å². The van der Waals surface area contributed by atoms with Crippen LogP contribution in [0.3, 0.4) is 0 Å². The van der Waals surface area contributed by atoms with E-state index in [1.165, 1.54) is 0 Å². The predicted molar refractivity (Wildman–Crippen MR) is 120 cm³/mol. The lowest BCUT2D eigenvalue weighted by atomic mass is 10.1. The van der Waals surface area contributed by atoms with E-state index in [9.17, 15) is 4.79 Å². The zero-order valence-corrected chi connectivity index (χ0v) is 18.3. The number of nitrogens with zero attached hydrogens (tertiary/aromatic N) is 4. The molecule has 7 heteroatoms. The zero-order chi connectivity index (χ0) is 21.6. The number of morpholine rings is 1. The van der Waals surface area contributed by atoms with Crippen molar-refractivity contribution in [2.75, 3.05) is 46.5 Å². The first-order valence-corrected chi connectivity index (χ1v) is 10.9. The van der Waals surface area contributed by atoms with E-state index in [4.69, 9.17) is 14.6 Å². The van der Waals surface area contributed by atoms with Gasteiger partial charge in [-0.1, -0.05) is 42.5 Å². The summed E-state index contributed by atoms with van der Waals surface area (Å²) in [5.41, 5.74) is 2.46. The van der Waals surface area contributed by atoms with E-state index in [1.807, 2.05) is 65.0 Å². The summed E-state index contributed by atoms with van der Waals surface area (Å²) in [4.78, 5) is 17.7. The van der Waals surface area contributed by atoms with Crippen molar-refractivity contribution in [3.8, 4) is 5.75 Å². The van der Waals surface area contributed by atoms with Gasteiger partial charge in [0, 0.05) is 38.1 Å². The fourth-order valence-corrected chi connectivity index (χ4v) is 4.03. The molecule has 1 aliphatic heterocycles. The number of benzene rings is 2. The number of carbonyl (C=O) groups is 1. The van der Waals surface area contributed by atoms with Crippen LogP contribution < -0.4 is 4.74 Å². The summed E-state index contributed by atoms with van der Waals surface area (Å²) in [7, 11) is 1.66. The summed E-state index contributed by atoms with van der Waals surface area (Å²) >= 11 is 0. The van der Waals surface area contributed by atoms with Crippen molar-refractivity contribution in [1.82, 2.24) is 19.6 Å². The van der Waals surface area contributed by atoms with Crippen LogP contribution >= 0.6 is 0 Å². The van der Waals surface area contributed by atoms with Gasteiger partial charge in [0.1, 0.15) is 11.3 Å². The van der Waals surface area contributed by atoms with Gasteiger partial charge in [0.2, 0.25) is 0 Å². The number of ether oxygens (including phenoxy) is 2. The van der Waals surface area contributed by atoms with Crippen molar-refractivity contribution in [2.24, 2.45) is 0 Å². The van der Waals surface area contributed by atoms with Gasteiger partial charge in [0.25, 0.3) is 5.91 Å². The maximum absolute atomic E-state index is 13.5. The normalized spacial score (nSPS) is 14.6. The van der Waals surface area contributed by atoms with Crippen molar-refractivity contribution in [1.29, 1.82) is 0 Å². The first-order chi connectivity index (χ1) is 15.2. The lowest BCUT2D eigenvalue weighted by Crippen LogP contribution is -2.38. The van der Waals surface area contributed by atoms with E-state index < -0.39 is 0 Å². The monoisotopic (exact) mass is 422 g/mol. The van der Waals surface area contributed by atoms with Crippen LogP contribution in [0.5, 0.6) is 5.75 Å². The molecule has 0 atom stereocenters. The molecule has 1 amide bonds. The first kappa shape index (κ1) is 21.3. The fraction of sp³-hybridized carbons (Fsp3) is 0.417. The van der Waals surface area contributed by atoms with E-state index in [1.54, 1.807) is 7.11 Å². The van der Waals surface area contributed by atoms with Crippen LogP contribution in [0.4, 0.5) is 0 Å². The molecule has 1 aliphatic rings. The average Bonchev–Trinajstić information content (AvgIpc) is 3.21. The number of methoxy groups -OCH3 is 1. The number of fused-ring (bicyclic) bond motifs is 1. The highest BCUT2D eigenvalue weighted by molar-refractivity contribution is 6.06. The molecule has 0 N–H and O–H groups in total. The third-order valence-electron chi connectivity index (χ3n) is 5.77. The molecule has 1 aromatic heterocycles. The average molecular weight is 423 g/mol. The minimum Gasteiger partial charge on any atom is -0.494 e. The second-order valence-corrected chi connectivity index (χ2v) is 7.69. The van der Waals surface area contributed by atoms with Gasteiger partial charge in [-0.15, -0.1) is 0 Å². The van der Waals surface area contributed by atoms with Gasteiger partial charge < -0.3 is 14.4 Å². The Balaban J connectivity index is 1.64. The van der Waals surface area contributed by atoms with Crippen LogP contribution in [0.2, 0.25) is 0 Å². The highest BCUT2D eigenvalue weighted by Crippen LogP contribution is 2.29. The van der Waals surface area contributed by atoms with Gasteiger partial charge >= 0.3 is 0 Å². The number of hydrogen-bond donors (Lipinski definition) is 0. The molecule has 164 valence electrons. The molecule has 1 fully saturated rings. The molecule has 31 heavy (non-hydrogen) atoms. The topological polar surface area (TPSA) is 59.8 Å². The van der Waals surface area contributed by atoms with Gasteiger partial charge in [-0.2, -0.15) is 5.10 Å². The van der Waals surface area contributed by atoms with Gasteiger partial charge in [0.05, 0.1) is 26.9 Å². The maximum Gasteiger partial charge on any atom is 0.275 e. The van der Waals surface area contributed by atoms with Crippen molar-refractivity contribution in [3.05, 3.63) is 59.8 Å². The van der Waals surface area contributed by atoms with E-state index >= 15 is 0 Å². The number of hydrogen-bond acceptors (Lipinski definition) is 5. The molecule has 2 heterocycles. The second kappa shape index (κ2) is 9.94. The molecule has 0 radical (unpaired) electrons. The Kier molecular flexibility index (Phi) is 6.84. The van der Waals surface area contributed by atoms with E-state index in [0.717, 1.165) is 55.1 Å². The van der Waals surface area contributed by atoms with Gasteiger partial charge in [-0.05, 0) is 18.6 Å². The maximum atomic E-state index is 13.5. The number of amides is 1. The first-order valence-electron chi connectivity index (χ1n) is 10.9. The van der Waals surface area contributed by atoms with Gasteiger partial charge in [0.15, 0.2) is 5.69 Å². The number of rotatable bonds is 8. The molecule has 4 rings (SSSR count). The molecule has 2 aromatic carbocycles. The quantitative estimate of drug-likeness (QED) is 0.559. The number of para-hydroxylation sites is 1. The predicted octanol–water partition coefficient (Wildman–Crippen LogP) is 3.04. The third kappa shape index (κ3) is 4.73. The molecule has 7 nitrogen and oxygen atoms in total. The highest BCUT2D eigenvalue weighted by Gasteiger charge is 2.24. The van der Waals surface area contributed by atoms with Crippen LogP contribution in [0, 0.1) is 0 Å². The molecule has 1 saturated heterocycles. The summed E-state index contributed by atoms with van der Waals surface area (Å²) in [6, 6.07) is 15.8. The van der Waals surface area contributed by atoms with Gasteiger partial charge in [-0.3, -0.25) is 14.4 Å². The summed E-state index contributed by atoms with van der Waals surface area (Å²) in [6.07, 6.45) is 0. The summed E-state index contributed by atoms with van der Waals surface area (Å²) in [5, 5.41) is 5.61. The largest absolute Gasteiger partial charge is 0.494 e. The SMILES string of the molecule is CCN(Cc1ccccc1)C(=O)c1nn(CCN2CCOCC2)c2c(OC)cccc12. The standard InChI is InChI=1S/C24H30N4O3/c1-3-27(18-19-8-5-4-6-9-19)24(29)22-20-10-7-11-21(30-2)23(20)28(25-22)13-12-26-14-16-31-17-15-26/h4-11H,3,12-18H2,1-2H3. The Morgan fingerprint density at radius 3 is 2.58 bits per heavy atom. The Morgan fingerprint density at radius 2 is 1.87 bits per heavy atom. The zero-order valence-electron chi connectivity index (χ0n) is 18.3. The molecule has 3 aromatic rings. The fourth-order valence-electron chi connectivity index (χ4n) is 4.03. The van der Waals surface area contributed by atoms with Crippen molar-refractivity contribution in [2.45, 2.75) is 20.0 Å². The molecule has 0 bridgehead atoms. The van der Waals surface area contributed by atoms with Crippen molar-refractivity contribution >= 4 is 16.8 Å². The van der Waals surface area contributed by atoms with Crippen LogP contribution in [0.25, 0.3) is 10.9 Å². The summed E-state index contributed by atoms with van der Waals surface area (Å²) in [6.45, 7) is 8.07. The molecule has 0 unspecified atom stereocenters. The van der Waals surface area contributed by atoms with E-state index in [-0.39, 0.29) is 5.91 Å². The Hall–Kier alpha value is -2.90. The molecular weight excluding hydrogens is 392 g/mol. The molecule has 0 aliphatic carbocycles. The molecule has 0 spiro atoms. The number of carbonyl (C=O) groups excluding carboxylic acids is 1. The van der Waals surface area contributed by atoms with Crippen LogP contribution in [0.1, 0.15) is 23.0 Å². The molecular formula is C24H30N4O3. The lowest BCUT2D eigenvalue weighted by Gasteiger charge is -2.26. The Labute approximate surface area is 183 Å². The lowest BCUT2D eigenvalue weighted by molar-refractivity contribution is 0.0361. The molecule has 0 saturated carbocycles. The van der Waals surface area contributed by atoms with Crippen molar-refractivity contribution in [3.63, 3.8) is 0 Å². The van der Waals surface area contributed by atoms with Crippen LogP contribution in [-0.2, 0) is 17.8 Å². The van der Waals surface area contributed by atoms with E-state index in [2.05, 4.69) is 4.90 Å². The highest BCUT2D eigenvalue weighted by atomic mass is 16.5. The van der Waals surface area contributed by atoms with Crippen molar-refractivity contribution < 1.29 is 14.3 Å². The summed E-state index contributed by atoms with van der Waals surface area (Å²) < 4.78 is 13.0. The van der Waals surface area contributed by atoms with E-state index in [0.29, 0.717) is 25.3 Å². The Bertz CT molecular complexity index is 1010.